The Bertz CT molecular complexity index is 2730. The van der Waals surface area contributed by atoms with E-state index in [-0.39, 0.29) is 47.3 Å². The van der Waals surface area contributed by atoms with Gasteiger partial charge in [0.05, 0.1) is 53.3 Å². The molecule has 10 rings (SSSR count). The number of benzene rings is 1. The molecule has 3 aliphatic heterocycles. The zero-order valence-electron chi connectivity index (χ0n) is 35.8. The number of amides is 3. The summed E-state index contributed by atoms with van der Waals surface area (Å²) in [7, 11) is 1.68. The molecular formula is C45H52F2N12O5. The molecule has 3 amide bonds. The normalized spacial score (nSPS) is 23.1. The van der Waals surface area contributed by atoms with Gasteiger partial charge in [-0.3, -0.25) is 38.4 Å². The van der Waals surface area contributed by atoms with Gasteiger partial charge in [0.25, 0.3) is 12.3 Å². The van der Waals surface area contributed by atoms with Crippen LogP contribution in [0.5, 0.6) is 0 Å². The minimum atomic E-state index is -2.87. The number of imide groups is 1. The van der Waals surface area contributed by atoms with Crippen LogP contribution in [0.25, 0.3) is 16.7 Å². The number of ether oxygens (including phenoxy) is 1. The zero-order valence-corrected chi connectivity index (χ0v) is 35.8. The van der Waals surface area contributed by atoms with E-state index in [0.29, 0.717) is 47.9 Å². The number of aryl methyl sites for hydroxylation is 1. The predicted octanol–water partition coefficient (Wildman–Crippen LogP) is 3.91. The van der Waals surface area contributed by atoms with E-state index in [9.17, 15) is 28.0 Å². The molecule has 0 radical (unpaired) electrons. The first kappa shape index (κ1) is 42.0. The zero-order chi connectivity index (χ0) is 44.1. The Morgan fingerprint density at radius 3 is 2.58 bits per heavy atom. The number of anilines is 2. The van der Waals surface area contributed by atoms with Gasteiger partial charge in [0, 0.05) is 71.7 Å². The van der Waals surface area contributed by atoms with Gasteiger partial charge in [0.15, 0.2) is 11.3 Å². The Morgan fingerprint density at radius 2 is 1.83 bits per heavy atom. The molecule has 1 aromatic carbocycles. The van der Waals surface area contributed by atoms with Crippen LogP contribution in [-0.4, -0.2) is 126 Å². The maximum atomic E-state index is 14.4. The predicted molar refractivity (Wildman–Crippen MR) is 232 cm³/mol. The lowest BCUT2D eigenvalue weighted by Gasteiger charge is -2.48. The smallest absolute Gasteiger partial charge is 0.329 e. The second kappa shape index (κ2) is 17.2. The van der Waals surface area contributed by atoms with Crippen molar-refractivity contribution < 1.29 is 27.9 Å². The number of carbonyl (C=O) groups excluding carboxylic acids is 3. The van der Waals surface area contributed by atoms with Gasteiger partial charge in [0.2, 0.25) is 11.8 Å². The Kier molecular flexibility index (Phi) is 11.3. The van der Waals surface area contributed by atoms with Gasteiger partial charge in [-0.2, -0.15) is 10.2 Å². The number of halogens is 2. The maximum Gasteiger partial charge on any atom is 0.329 e. The molecule has 1 atom stereocenters. The summed E-state index contributed by atoms with van der Waals surface area (Å²) in [6, 6.07) is 6.60. The summed E-state index contributed by atoms with van der Waals surface area (Å²) >= 11 is 0. The van der Waals surface area contributed by atoms with Gasteiger partial charge in [-0.25, -0.2) is 23.1 Å². The van der Waals surface area contributed by atoms with E-state index in [1.54, 1.807) is 24.1 Å². The number of piperazine rings is 1. The fraction of sp³-hybridized carbons (Fsp3) is 0.533. The number of carbonyl (C=O) groups is 3. The average molecular weight is 879 g/mol. The summed E-state index contributed by atoms with van der Waals surface area (Å²) in [6.07, 6.45) is 8.99. The number of fused-ring (bicyclic) bond motifs is 2. The molecule has 1 unspecified atom stereocenters. The average Bonchev–Trinajstić information content (AvgIpc) is 3.98. The third kappa shape index (κ3) is 8.07. The standard InChI is InChI=1S/C45H52F2N12O5/c1-53-39-30(5-2-7-34(39)59(44(53)63)35-12-13-37(60)51-43(35)62)6-3-17-54-19-21-55(22-20-54)26-29-8-10-31(11-9-29)58-27-33(38(52-58)40(46)47)49-42(61)32-25-48-57-18-14-36(50-41(32)57)56-23-24-64-45(28-56)15-4-16-45/h2,5,7,14,18,25,27,29,31,35,40H,4,8-13,15-17,19-24,26,28H2,1H3,(H,49,61)(H,51,60,62)/t29-,31-,35?. The number of nitrogens with one attached hydrogen (secondary N) is 2. The molecule has 5 aliphatic rings. The molecule has 0 bridgehead atoms. The highest BCUT2D eigenvalue weighted by molar-refractivity contribution is 6.08. The SMILES string of the molecule is Cn1c(=O)n(C2CCC(=O)NC2=O)c2cccc(C#CCN3CCN(C[C@H]4CC[C@H](n5cc(NC(=O)c6cnn7ccc(N8CCOC9(CCC9)C8)nc67)c(C(F)F)n5)CC4)CC3)c21. The third-order valence-electron chi connectivity index (χ3n) is 14.0. The third-order valence-corrected chi connectivity index (χ3v) is 14.0. The van der Waals surface area contributed by atoms with E-state index >= 15 is 0 Å². The lowest BCUT2D eigenvalue weighted by molar-refractivity contribution is -0.135. The molecular weight excluding hydrogens is 827 g/mol. The van der Waals surface area contributed by atoms with Gasteiger partial charge < -0.3 is 19.9 Å². The van der Waals surface area contributed by atoms with Crippen LogP contribution in [0.1, 0.15) is 97.9 Å². The highest BCUT2D eigenvalue weighted by Gasteiger charge is 2.42. The molecule has 2 N–H and O–H groups in total. The fourth-order valence-corrected chi connectivity index (χ4v) is 10.3. The van der Waals surface area contributed by atoms with E-state index in [1.165, 1.54) is 19.8 Å². The van der Waals surface area contributed by atoms with Crippen molar-refractivity contribution in [1.29, 1.82) is 0 Å². The first-order valence-electron chi connectivity index (χ1n) is 22.4. The maximum absolute atomic E-state index is 14.4. The van der Waals surface area contributed by atoms with Crippen molar-refractivity contribution in [2.24, 2.45) is 13.0 Å². The second-order valence-electron chi connectivity index (χ2n) is 18.0. The van der Waals surface area contributed by atoms with Crippen LogP contribution in [-0.2, 0) is 21.4 Å². The van der Waals surface area contributed by atoms with Crippen molar-refractivity contribution in [3.63, 3.8) is 0 Å². The minimum Gasteiger partial charge on any atom is -0.371 e. The highest BCUT2D eigenvalue weighted by Crippen LogP contribution is 2.39. The molecule has 7 heterocycles. The summed E-state index contributed by atoms with van der Waals surface area (Å²) in [4.78, 5) is 63.0. The molecule has 4 aromatic heterocycles. The summed E-state index contributed by atoms with van der Waals surface area (Å²) in [5.41, 5.74) is 1.63. The Labute approximate surface area is 367 Å². The first-order valence-corrected chi connectivity index (χ1v) is 22.4. The lowest BCUT2D eigenvalue weighted by atomic mass is 9.79. The van der Waals surface area contributed by atoms with Crippen molar-refractivity contribution in [3.8, 4) is 11.8 Å². The van der Waals surface area contributed by atoms with Gasteiger partial charge in [-0.05, 0) is 75.5 Å². The van der Waals surface area contributed by atoms with E-state index in [1.807, 2.05) is 24.3 Å². The van der Waals surface area contributed by atoms with Gasteiger partial charge in [0.1, 0.15) is 17.4 Å². The highest BCUT2D eigenvalue weighted by atomic mass is 19.3. The van der Waals surface area contributed by atoms with Crippen molar-refractivity contribution in [2.75, 3.05) is 69.2 Å². The molecule has 5 aromatic rings. The van der Waals surface area contributed by atoms with E-state index < -0.39 is 30.0 Å². The minimum absolute atomic E-state index is 0.00756. The molecule has 3 saturated heterocycles. The van der Waals surface area contributed by atoms with Crippen molar-refractivity contribution >= 4 is 45.9 Å². The molecule has 2 aliphatic carbocycles. The number of hydrogen-bond donors (Lipinski definition) is 2. The Hall–Kier alpha value is -5.97. The number of para-hydroxylation sites is 1. The summed E-state index contributed by atoms with van der Waals surface area (Å²) in [5.74, 6) is 6.41. The molecule has 1 spiro atoms. The molecule has 64 heavy (non-hydrogen) atoms. The van der Waals surface area contributed by atoms with Gasteiger partial charge in [-0.1, -0.05) is 17.9 Å². The van der Waals surface area contributed by atoms with Crippen molar-refractivity contribution in [3.05, 3.63) is 70.2 Å². The summed E-state index contributed by atoms with van der Waals surface area (Å²) in [6.45, 7) is 7.16. The first-order chi connectivity index (χ1) is 31.0. The summed E-state index contributed by atoms with van der Waals surface area (Å²) < 4.78 is 40.9. The van der Waals surface area contributed by atoms with Gasteiger partial charge in [-0.15, -0.1) is 0 Å². The lowest BCUT2D eigenvalue weighted by Crippen LogP contribution is -2.56. The number of nitrogens with zero attached hydrogens (tertiary/aromatic N) is 10. The Balaban J connectivity index is 0.717. The van der Waals surface area contributed by atoms with E-state index in [4.69, 9.17) is 9.72 Å². The number of rotatable bonds is 9. The van der Waals surface area contributed by atoms with Crippen LogP contribution in [0.4, 0.5) is 20.3 Å². The molecule has 2 saturated carbocycles. The van der Waals surface area contributed by atoms with E-state index in [0.717, 1.165) is 90.0 Å². The fourth-order valence-electron chi connectivity index (χ4n) is 10.3. The number of hydrogen-bond acceptors (Lipinski definition) is 11. The summed E-state index contributed by atoms with van der Waals surface area (Å²) in [5, 5.41) is 13.7. The second-order valence-corrected chi connectivity index (χ2v) is 18.0. The molecule has 5 fully saturated rings. The van der Waals surface area contributed by atoms with E-state index in [2.05, 4.69) is 47.4 Å². The van der Waals surface area contributed by atoms with Crippen LogP contribution in [0.2, 0.25) is 0 Å². The van der Waals surface area contributed by atoms with Crippen LogP contribution in [0.3, 0.4) is 0 Å². The number of aromatic nitrogens is 7. The quantitative estimate of drug-likeness (QED) is 0.163. The Morgan fingerprint density at radius 1 is 1.03 bits per heavy atom. The molecule has 17 nitrogen and oxygen atoms in total. The largest absolute Gasteiger partial charge is 0.371 e. The van der Waals surface area contributed by atoms with Crippen LogP contribution in [0.15, 0.2) is 47.7 Å². The van der Waals surface area contributed by atoms with Crippen molar-refractivity contribution in [2.45, 2.75) is 81.9 Å². The van der Waals surface area contributed by atoms with Crippen molar-refractivity contribution in [1.82, 2.24) is 48.6 Å². The topological polar surface area (TPSA) is 169 Å². The van der Waals surface area contributed by atoms with Gasteiger partial charge >= 0.3 is 5.69 Å². The molecule has 19 heteroatoms. The monoisotopic (exact) mass is 878 g/mol. The van der Waals surface area contributed by atoms with Crippen LogP contribution < -0.4 is 21.2 Å². The number of alkyl halides is 2. The number of piperidine rings is 1. The van der Waals surface area contributed by atoms with Crippen LogP contribution >= 0.6 is 0 Å². The van der Waals surface area contributed by atoms with Crippen LogP contribution in [0, 0.1) is 17.8 Å². The molecule has 336 valence electrons. The number of imidazole rings is 1. The number of morpholine rings is 1.